The maximum absolute atomic E-state index is 14.4. The summed E-state index contributed by atoms with van der Waals surface area (Å²) in [6, 6.07) is 0. The molecular formula is C33H46O7. The Morgan fingerprint density at radius 1 is 1.02 bits per heavy atom. The Morgan fingerprint density at radius 3 is 2.38 bits per heavy atom. The third-order valence-corrected chi connectivity index (χ3v) is 11.4. The Hall–Kier alpha value is -2.44. The van der Waals surface area contributed by atoms with Crippen LogP contribution < -0.4 is 0 Å². The highest BCUT2D eigenvalue weighted by Gasteiger charge is 2.67. The second-order valence-electron chi connectivity index (χ2n) is 13.9. The minimum atomic E-state index is -0.682. The first kappa shape index (κ1) is 29.1. The molecule has 4 aliphatic carbocycles. The number of carbonyl (C=O) groups is 4. The lowest BCUT2D eigenvalue weighted by Crippen LogP contribution is -2.55. The Morgan fingerprint density at radius 2 is 1.73 bits per heavy atom. The van der Waals surface area contributed by atoms with Crippen molar-refractivity contribution in [2.24, 2.45) is 46.3 Å². The standard InChI is InChI=1S/C33H46O7/c1-17-12-25(19(3)34)31(38-16-17)18(2)30-28(40-21(5)36)14-27-24-9-8-22-13-23(39-20(4)35)10-11-32(22,6)26(24)15-29(37)33(27,30)7/h8,17-18,23-24,26-28,30H,9-16H2,1-7H3/t17-,18+,23+,24-,26+,27+,28+,30+,32+,33-/m1/s1. The summed E-state index contributed by atoms with van der Waals surface area (Å²) in [4.78, 5) is 51.0. The lowest BCUT2D eigenvalue weighted by atomic mass is 9.46. The van der Waals surface area contributed by atoms with E-state index in [-0.39, 0.29) is 64.6 Å². The van der Waals surface area contributed by atoms with E-state index in [1.54, 1.807) is 6.92 Å². The molecule has 0 bridgehead atoms. The number of carbonyl (C=O) groups excluding carboxylic acids is 4. The topological polar surface area (TPSA) is 96.0 Å². The van der Waals surface area contributed by atoms with E-state index in [4.69, 9.17) is 14.2 Å². The molecule has 10 atom stereocenters. The van der Waals surface area contributed by atoms with Crippen LogP contribution in [0.4, 0.5) is 0 Å². The van der Waals surface area contributed by atoms with E-state index in [9.17, 15) is 19.2 Å². The van der Waals surface area contributed by atoms with Crippen molar-refractivity contribution in [1.29, 1.82) is 0 Å². The van der Waals surface area contributed by atoms with Gasteiger partial charge in [0.05, 0.1) is 6.61 Å². The van der Waals surface area contributed by atoms with Gasteiger partial charge in [-0.25, -0.2) is 0 Å². The van der Waals surface area contributed by atoms with E-state index in [1.165, 1.54) is 19.4 Å². The van der Waals surface area contributed by atoms with Crippen LogP contribution in [0.1, 0.15) is 93.4 Å². The van der Waals surface area contributed by atoms with Crippen molar-refractivity contribution in [3.63, 3.8) is 0 Å². The van der Waals surface area contributed by atoms with Gasteiger partial charge in [0, 0.05) is 49.5 Å². The fourth-order valence-electron chi connectivity index (χ4n) is 9.61. The molecule has 220 valence electrons. The van der Waals surface area contributed by atoms with Gasteiger partial charge in [-0.1, -0.05) is 39.3 Å². The van der Waals surface area contributed by atoms with Crippen LogP contribution in [0.2, 0.25) is 0 Å². The molecule has 0 N–H and O–H groups in total. The maximum atomic E-state index is 14.4. The average Bonchev–Trinajstić information content (AvgIpc) is 3.16. The smallest absolute Gasteiger partial charge is 0.302 e. The number of ether oxygens (including phenoxy) is 3. The van der Waals surface area contributed by atoms with Crippen molar-refractivity contribution in [2.45, 2.75) is 106 Å². The van der Waals surface area contributed by atoms with Crippen LogP contribution >= 0.6 is 0 Å². The van der Waals surface area contributed by atoms with Crippen molar-refractivity contribution in [3.8, 4) is 0 Å². The molecule has 0 unspecified atom stereocenters. The fraction of sp³-hybridized carbons (Fsp3) is 0.758. The zero-order valence-corrected chi connectivity index (χ0v) is 25.2. The van der Waals surface area contributed by atoms with Crippen LogP contribution in [0.25, 0.3) is 0 Å². The molecule has 1 heterocycles. The lowest BCUT2D eigenvalue weighted by molar-refractivity contribution is -0.156. The van der Waals surface area contributed by atoms with Gasteiger partial charge < -0.3 is 14.2 Å². The predicted octanol–water partition coefficient (Wildman–Crippen LogP) is 5.75. The van der Waals surface area contributed by atoms with Gasteiger partial charge in [-0.15, -0.1) is 0 Å². The average molecular weight is 555 g/mol. The summed E-state index contributed by atoms with van der Waals surface area (Å²) in [5.74, 6) is 0.698. The molecule has 1 aliphatic heterocycles. The van der Waals surface area contributed by atoms with Crippen LogP contribution in [0.5, 0.6) is 0 Å². The molecule has 0 aromatic carbocycles. The maximum Gasteiger partial charge on any atom is 0.302 e. The molecule has 3 saturated carbocycles. The molecule has 0 amide bonds. The number of allylic oxidation sites excluding steroid dienone is 3. The third kappa shape index (κ3) is 4.65. The van der Waals surface area contributed by atoms with Crippen molar-refractivity contribution in [3.05, 3.63) is 23.0 Å². The van der Waals surface area contributed by atoms with Crippen LogP contribution in [0.3, 0.4) is 0 Å². The minimum absolute atomic E-state index is 0.00870. The second-order valence-corrected chi connectivity index (χ2v) is 13.9. The van der Waals surface area contributed by atoms with Crippen LogP contribution in [0.15, 0.2) is 23.0 Å². The molecule has 7 nitrogen and oxygen atoms in total. The molecule has 5 aliphatic rings. The number of fused-ring (bicyclic) bond motifs is 5. The number of Topliss-reactive ketones (excluding diaryl/α,β-unsaturated/α-hetero) is 2. The first-order valence-electron chi connectivity index (χ1n) is 15.2. The summed E-state index contributed by atoms with van der Waals surface area (Å²) in [6.07, 6.45) is 6.97. The van der Waals surface area contributed by atoms with Gasteiger partial charge in [0.2, 0.25) is 0 Å². The van der Waals surface area contributed by atoms with Crippen LogP contribution in [0, 0.1) is 46.3 Å². The normalized spacial score (nSPS) is 41.5. The zero-order valence-electron chi connectivity index (χ0n) is 25.2. The van der Waals surface area contributed by atoms with E-state index < -0.39 is 11.5 Å². The van der Waals surface area contributed by atoms with Crippen LogP contribution in [-0.2, 0) is 33.4 Å². The molecule has 0 spiro atoms. The SMILES string of the molecule is CC(=O)O[C@H]1CC[C@@]2(C)C(=CC[C@H]3[C@@H]4C[C@H](OC(C)=O)[C@H]([C@H](C)C5=C(C(C)=O)C[C@@H](C)CO5)[C@@]4(C)C(=O)C[C@@H]32)C1. The molecule has 0 aromatic rings. The van der Waals surface area contributed by atoms with Crippen molar-refractivity contribution in [2.75, 3.05) is 6.61 Å². The second kappa shape index (κ2) is 10.4. The Bertz CT molecular complexity index is 1170. The number of rotatable bonds is 5. The molecule has 0 radical (unpaired) electrons. The van der Waals surface area contributed by atoms with Crippen molar-refractivity contribution >= 4 is 23.5 Å². The number of esters is 2. The zero-order chi connectivity index (χ0) is 29.1. The van der Waals surface area contributed by atoms with Gasteiger partial charge >= 0.3 is 11.9 Å². The Kier molecular flexibility index (Phi) is 7.58. The van der Waals surface area contributed by atoms with E-state index in [0.29, 0.717) is 43.1 Å². The third-order valence-electron chi connectivity index (χ3n) is 11.4. The largest absolute Gasteiger partial charge is 0.497 e. The summed E-state index contributed by atoms with van der Waals surface area (Å²) in [7, 11) is 0. The van der Waals surface area contributed by atoms with Gasteiger partial charge in [0.25, 0.3) is 0 Å². The fourth-order valence-corrected chi connectivity index (χ4v) is 9.61. The van der Waals surface area contributed by atoms with E-state index >= 15 is 0 Å². The van der Waals surface area contributed by atoms with Gasteiger partial charge in [-0.2, -0.15) is 0 Å². The summed E-state index contributed by atoms with van der Waals surface area (Å²) in [6.45, 7) is 13.6. The minimum Gasteiger partial charge on any atom is -0.497 e. The molecule has 5 rings (SSSR count). The van der Waals surface area contributed by atoms with Gasteiger partial charge in [0.15, 0.2) is 5.78 Å². The highest BCUT2D eigenvalue weighted by molar-refractivity contribution is 5.94. The van der Waals surface area contributed by atoms with Crippen LogP contribution in [-0.4, -0.2) is 42.3 Å². The summed E-state index contributed by atoms with van der Waals surface area (Å²) >= 11 is 0. The summed E-state index contributed by atoms with van der Waals surface area (Å²) in [5, 5.41) is 0. The van der Waals surface area contributed by atoms with Gasteiger partial charge in [0.1, 0.15) is 23.8 Å². The van der Waals surface area contributed by atoms with Crippen molar-refractivity contribution < 1.29 is 33.4 Å². The molecule has 3 fully saturated rings. The van der Waals surface area contributed by atoms with Gasteiger partial charge in [-0.3, -0.25) is 19.2 Å². The molecule has 0 saturated heterocycles. The predicted molar refractivity (Wildman–Crippen MR) is 149 cm³/mol. The Labute approximate surface area is 238 Å². The first-order chi connectivity index (χ1) is 18.8. The monoisotopic (exact) mass is 554 g/mol. The summed E-state index contributed by atoms with van der Waals surface area (Å²) in [5.41, 5.74) is 1.24. The molecule has 7 heteroatoms. The van der Waals surface area contributed by atoms with E-state index in [0.717, 1.165) is 25.7 Å². The molecule has 0 aromatic heterocycles. The molecular weight excluding hydrogens is 508 g/mol. The highest BCUT2D eigenvalue weighted by atomic mass is 16.5. The lowest BCUT2D eigenvalue weighted by Gasteiger charge is -2.57. The van der Waals surface area contributed by atoms with Crippen molar-refractivity contribution in [1.82, 2.24) is 0 Å². The first-order valence-corrected chi connectivity index (χ1v) is 15.2. The quantitative estimate of drug-likeness (QED) is 0.315. The Balaban J connectivity index is 1.51. The number of hydrogen-bond acceptors (Lipinski definition) is 7. The van der Waals surface area contributed by atoms with Gasteiger partial charge in [-0.05, 0) is 68.1 Å². The number of hydrogen-bond donors (Lipinski definition) is 0. The number of ketones is 2. The highest BCUT2D eigenvalue weighted by Crippen LogP contribution is 2.67. The summed E-state index contributed by atoms with van der Waals surface area (Å²) < 4.78 is 17.8. The van der Waals surface area contributed by atoms with E-state index in [1.807, 2.05) is 0 Å². The molecule has 40 heavy (non-hydrogen) atoms. The van der Waals surface area contributed by atoms with E-state index in [2.05, 4.69) is 33.8 Å².